The SMILES string of the molecule is COc1ccc2oc(-c3ccc(OC)c(OC)c3)cc(=O)c2c1. The molecular weight excluding hydrogens is 296 g/mol. The summed E-state index contributed by atoms with van der Waals surface area (Å²) in [4.78, 5) is 12.3. The summed E-state index contributed by atoms with van der Waals surface area (Å²) in [6.45, 7) is 0. The van der Waals surface area contributed by atoms with Crippen molar-refractivity contribution < 1.29 is 18.6 Å². The molecule has 0 aliphatic rings. The molecule has 0 saturated heterocycles. The van der Waals surface area contributed by atoms with Crippen LogP contribution in [0.5, 0.6) is 17.2 Å². The molecule has 0 aliphatic heterocycles. The zero-order valence-electron chi connectivity index (χ0n) is 13.1. The minimum atomic E-state index is -0.130. The molecule has 5 nitrogen and oxygen atoms in total. The Hall–Kier alpha value is -2.95. The summed E-state index contributed by atoms with van der Waals surface area (Å²) in [7, 11) is 4.69. The Kier molecular flexibility index (Phi) is 3.93. The first-order chi connectivity index (χ1) is 11.2. The van der Waals surface area contributed by atoms with Crippen LogP contribution in [0.25, 0.3) is 22.3 Å². The molecule has 0 unspecified atom stereocenters. The van der Waals surface area contributed by atoms with Gasteiger partial charge in [-0.05, 0) is 36.4 Å². The van der Waals surface area contributed by atoms with Gasteiger partial charge in [-0.1, -0.05) is 0 Å². The smallest absolute Gasteiger partial charge is 0.193 e. The second kappa shape index (κ2) is 6.04. The Morgan fingerprint density at radius 3 is 2.30 bits per heavy atom. The van der Waals surface area contributed by atoms with Crippen molar-refractivity contribution in [1.82, 2.24) is 0 Å². The van der Waals surface area contributed by atoms with Crippen LogP contribution in [-0.4, -0.2) is 21.3 Å². The Balaban J connectivity index is 2.15. The first kappa shape index (κ1) is 15.0. The van der Waals surface area contributed by atoms with Gasteiger partial charge in [0.2, 0.25) is 0 Å². The van der Waals surface area contributed by atoms with Gasteiger partial charge >= 0.3 is 0 Å². The van der Waals surface area contributed by atoms with Crippen molar-refractivity contribution in [2.45, 2.75) is 0 Å². The fourth-order valence-electron chi connectivity index (χ4n) is 2.39. The second-order valence-corrected chi connectivity index (χ2v) is 4.91. The highest BCUT2D eigenvalue weighted by atomic mass is 16.5. The number of methoxy groups -OCH3 is 3. The summed E-state index contributed by atoms with van der Waals surface area (Å²) < 4.78 is 21.5. The van der Waals surface area contributed by atoms with E-state index in [1.165, 1.54) is 6.07 Å². The molecule has 1 heterocycles. The van der Waals surface area contributed by atoms with E-state index in [9.17, 15) is 4.79 Å². The fourth-order valence-corrected chi connectivity index (χ4v) is 2.39. The molecule has 0 spiro atoms. The molecule has 23 heavy (non-hydrogen) atoms. The molecule has 3 rings (SSSR count). The van der Waals surface area contributed by atoms with E-state index in [1.54, 1.807) is 51.7 Å². The molecular formula is C18H16O5. The van der Waals surface area contributed by atoms with Gasteiger partial charge in [0.05, 0.1) is 26.7 Å². The van der Waals surface area contributed by atoms with Gasteiger partial charge in [0.15, 0.2) is 16.9 Å². The number of ether oxygens (including phenoxy) is 3. The molecule has 0 atom stereocenters. The largest absolute Gasteiger partial charge is 0.497 e. The van der Waals surface area contributed by atoms with E-state index in [0.717, 1.165) is 5.56 Å². The topological polar surface area (TPSA) is 57.9 Å². The molecule has 0 N–H and O–H groups in total. The molecule has 5 heteroatoms. The van der Waals surface area contributed by atoms with Crippen molar-refractivity contribution in [2.24, 2.45) is 0 Å². The van der Waals surface area contributed by atoms with Gasteiger partial charge in [-0.25, -0.2) is 0 Å². The zero-order chi connectivity index (χ0) is 16.4. The molecule has 0 amide bonds. The van der Waals surface area contributed by atoms with E-state index in [4.69, 9.17) is 18.6 Å². The quantitative estimate of drug-likeness (QED) is 0.738. The van der Waals surface area contributed by atoms with Gasteiger partial charge in [0.25, 0.3) is 0 Å². The lowest BCUT2D eigenvalue weighted by molar-refractivity contribution is 0.355. The monoisotopic (exact) mass is 312 g/mol. The normalized spacial score (nSPS) is 10.6. The van der Waals surface area contributed by atoms with E-state index in [0.29, 0.717) is 34.0 Å². The third-order valence-corrected chi connectivity index (χ3v) is 3.60. The summed E-state index contributed by atoms with van der Waals surface area (Å²) in [6, 6.07) is 12.0. The van der Waals surface area contributed by atoms with E-state index in [2.05, 4.69) is 0 Å². The lowest BCUT2D eigenvalue weighted by atomic mass is 10.1. The molecule has 0 fully saturated rings. The van der Waals surface area contributed by atoms with Gasteiger partial charge in [0, 0.05) is 11.6 Å². The van der Waals surface area contributed by atoms with Crippen molar-refractivity contribution in [2.75, 3.05) is 21.3 Å². The number of rotatable bonds is 4. The third kappa shape index (κ3) is 2.73. The highest BCUT2D eigenvalue weighted by molar-refractivity contribution is 5.80. The van der Waals surface area contributed by atoms with Crippen LogP contribution in [-0.2, 0) is 0 Å². The average molecular weight is 312 g/mol. The minimum absolute atomic E-state index is 0.130. The summed E-state index contributed by atoms with van der Waals surface area (Å²) in [5.41, 5.74) is 1.11. The van der Waals surface area contributed by atoms with Crippen molar-refractivity contribution in [3.63, 3.8) is 0 Å². The Bertz CT molecular complexity index is 911. The highest BCUT2D eigenvalue weighted by Crippen LogP contribution is 2.33. The summed E-state index contributed by atoms with van der Waals surface area (Å²) in [6.07, 6.45) is 0. The molecule has 0 bridgehead atoms. The average Bonchev–Trinajstić information content (AvgIpc) is 2.60. The zero-order valence-corrected chi connectivity index (χ0v) is 13.1. The summed E-state index contributed by atoms with van der Waals surface area (Å²) >= 11 is 0. The number of hydrogen-bond acceptors (Lipinski definition) is 5. The lowest BCUT2D eigenvalue weighted by Gasteiger charge is -2.09. The van der Waals surface area contributed by atoms with Crippen LogP contribution in [0, 0.1) is 0 Å². The molecule has 0 radical (unpaired) electrons. The molecule has 1 aromatic heterocycles. The van der Waals surface area contributed by atoms with E-state index in [1.807, 2.05) is 6.07 Å². The van der Waals surface area contributed by atoms with Crippen LogP contribution >= 0.6 is 0 Å². The van der Waals surface area contributed by atoms with Crippen LogP contribution < -0.4 is 19.6 Å². The number of fused-ring (bicyclic) bond motifs is 1. The summed E-state index contributed by atoms with van der Waals surface area (Å²) in [5, 5.41) is 0.480. The predicted molar refractivity (Wildman–Crippen MR) is 87.6 cm³/mol. The van der Waals surface area contributed by atoms with E-state index < -0.39 is 0 Å². The lowest BCUT2D eigenvalue weighted by Crippen LogP contribution is -2.01. The fraction of sp³-hybridized carbons (Fsp3) is 0.167. The van der Waals surface area contributed by atoms with Gasteiger partial charge in [-0.3, -0.25) is 4.79 Å². The van der Waals surface area contributed by atoms with Gasteiger partial charge < -0.3 is 18.6 Å². The molecule has 2 aromatic carbocycles. The maximum atomic E-state index is 12.3. The molecule has 0 aliphatic carbocycles. The summed E-state index contributed by atoms with van der Waals surface area (Å²) in [5.74, 6) is 2.27. The van der Waals surface area contributed by atoms with Crippen LogP contribution in [0.15, 0.2) is 51.7 Å². The Morgan fingerprint density at radius 1 is 0.826 bits per heavy atom. The van der Waals surface area contributed by atoms with Crippen LogP contribution in [0.2, 0.25) is 0 Å². The van der Waals surface area contributed by atoms with E-state index >= 15 is 0 Å². The first-order valence-corrected chi connectivity index (χ1v) is 7.00. The van der Waals surface area contributed by atoms with Crippen LogP contribution in [0.3, 0.4) is 0 Å². The van der Waals surface area contributed by atoms with Crippen molar-refractivity contribution in [1.29, 1.82) is 0 Å². The number of benzene rings is 2. The maximum Gasteiger partial charge on any atom is 0.193 e. The molecule has 3 aromatic rings. The van der Waals surface area contributed by atoms with Gasteiger partial charge in [0.1, 0.15) is 17.1 Å². The van der Waals surface area contributed by atoms with Crippen molar-refractivity contribution in [3.05, 3.63) is 52.7 Å². The van der Waals surface area contributed by atoms with Crippen molar-refractivity contribution >= 4 is 11.0 Å². The second-order valence-electron chi connectivity index (χ2n) is 4.91. The van der Waals surface area contributed by atoms with E-state index in [-0.39, 0.29) is 5.43 Å². The highest BCUT2D eigenvalue weighted by Gasteiger charge is 2.11. The number of hydrogen-bond donors (Lipinski definition) is 0. The Labute approximate surface area is 133 Å². The van der Waals surface area contributed by atoms with Crippen molar-refractivity contribution in [3.8, 4) is 28.6 Å². The van der Waals surface area contributed by atoms with Crippen LogP contribution in [0.1, 0.15) is 0 Å². The molecule has 118 valence electrons. The predicted octanol–water partition coefficient (Wildman–Crippen LogP) is 3.49. The maximum absolute atomic E-state index is 12.3. The Morgan fingerprint density at radius 2 is 1.61 bits per heavy atom. The van der Waals surface area contributed by atoms with Gasteiger partial charge in [-0.15, -0.1) is 0 Å². The minimum Gasteiger partial charge on any atom is -0.497 e. The third-order valence-electron chi connectivity index (χ3n) is 3.60. The molecule has 0 saturated carbocycles. The standard InChI is InChI=1S/C18H16O5/c1-20-12-5-7-15-13(9-12)14(19)10-17(23-15)11-4-6-16(21-2)18(8-11)22-3/h4-10H,1-3H3. The first-order valence-electron chi connectivity index (χ1n) is 7.00. The van der Waals surface area contributed by atoms with Crippen LogP contribution in [0.4, 0.5) is 0 Å². The van der Waals surface area contributed by atoms with Gasteiger partial charge in [-0.2, -0.15) is 0 Å².